The van der Waals surface area contributed by atoms with E-state index in [0.717, 1.165) is 51.3 Å². The van der Waals surface area contributed by atoms with Crippen molar-refractivity contribution in [3.63, 3.8) is 0 Å². The number of piperidine rings is 1. The average molecular weight is 354 g/mol. The number of likely N-dealkylation sites (tertiary alicyclic amines) is 1. The summed E-state index contributed by atoms with van der Waals surface area (Å²) in [5.74, 6) is 1.38. The third-order valence-corrected chi connectivity index (χ3v) is 5.43. The fourth-order valence-corrected chi connectivity index (χ4v) is 3.77. The molecule has 1 aromatic carbocycles. The van der Waals surface area contributed by atoms with Crippen LogP contribution in [0.1, 0.15) is 30.7 Å². The van der Waals surface area contributed by atoms with Crippen molar-refractivity contribution < 1.29 is 9.18 Å². The first-order valence-electron chi connectivity index (χ1n) is 9.26. The van der Waals surface area contributed by atoms with Gasteiger partial charge in [0, 0.05) is 25.6 Å². The van der Waals surface area contributed by atoms with E-state index in [1.165, 1.54) is 5.56 Å². The van der Waals surface area contributed by atoms with Crippen LogP contribution in [-0.4, -0.2) is 40.4 Å². The number of nitrogens with one attached hydrogen (secondary N) is 1. The minimum atomic E-state index is -0.434. The Morgan fingerprint density at radius 3 is 2.54 bits per heavy atom. The van der Waals surface area contributed by atoms with Crippen LogP contribution in [0.2, 0.25) is 0 Å². The van der Waals surface area contributed by atoms with Crippen molar-refractivity contribution >= 4 is 11.9 Å². The number of rotatable bonds is 5. The van der Waals surface area contributed by atoms with Gasteiger partial charge in [0.15, 0.2) is 5.82 Å². The maximum Gasteiger partial charge on any atom is 0.226 e. The van der Waals surface area contributed by atoms with Crippen molar-refractivity contribution in [1.29, 1.82) is 0 Å². The smallest absolute Gasteiger partial charge is 0.226 e. The zero-order chi connectivity index (χ0) is 17.9. The fourth-order valence-electron chi connectivity index (χ4n) is 3.77. The van der Waals surface area contributed by atoms with E-state index in [2.05, 4.69) is 27.4 Å². The van der Waals surface area contributed by atoms with Crippen molar-refractivity contribution in [3.8, 4) is 0 Å². The number of carbonyl (C=O) groups excluding carboxylic acids is 1. The van der Waals surface area contributed by atoms with E-state index in [-0.39, 0.29) is 5.92 Å². The molecule has 5 nitrogen and oxygen atoms in total. The van der Waals surface area contributed by atoms with Gasteiger partial charge in [0.2, 0.25) is 11.9 Å². The number of hydrogen-bond acceptors (Lipinski definition) is 4. The van der Waals surface area contributed by atoms with E-state index >= 15 is 0 Å². The molecule has 1 saturated heterocycles. The monoisotopic (exact) mass is 354 g/mol. The second-order valence-corrected chi connectivity index (χ2v) is 7.23. The number of carbonyl (C=O) groups is 1. The Morgan fingerprint density at radius 1 is 1.15 bits per heavy atom. The number of hydrogen-bond donors (Lipinski definition) is 1. The maximum atomic E-state index is 12.8. The van der Waals surface area contributed by atoms with Gasteiger partial charge in [-0.25, -0.2) is 14.4 Å². The van der Waals surface area contributed by atoms with Gasteiger partial charge < -0.3 is 10.2 Å². The number of benzene rings is 1. The Labute approximate surface area is 152 Å². The quantitative estimate of drug-likeness (QED) is 0.897. The summed E-state index contributed by atoms with van der Waals surface area (Å²) in [5.41, 5.74) is 1.28. The SMILES string of the molecule is O=C(C1CC1c1ccccc1)N1CCC(CNc2ncc(F)cn2)CC1. The highest BCUT2D eigenvalue weighted by molar-refractivity contribution is 5.83. The van der Waals surface area contributed by atoms with E-state index in [9.17, 15) is 9.18 Å². The standard InChI is InChI=1S/C20H23FN4O/c21-16-12-23-20(24-13-16)22-11-14-6-8-25(9-7-14)19(26)18-10-17(18)15-4-2-1-3-5-15/h1-5,12-14,17-18H,6-11H2,(H,22,23,24). The molecule has 1 N–H and O–H groups in total. The van der Waals surface area contributed by atoms with Crippen molar-refractivity contribution in [2.75, 3.05) is 25.0 Å². The van der Waals surface area contributed by atoms with Crippen LogP contribution in [-0.2, 0) is 4.79 Å². The third-order valence-electron chi connectivity index (χ3n) is 5.43. The first kappa shape index (κ1) is 16.9. The number of nitrogens with zero attached hydrogens (tertiary/aromatic N) is 3. The van der Waals surface area contributed by atoms with Crippen LogP contribution in [0.4, 0.5) is 10.3 Å². The summed E-state index contributed by atoms with van der Waals surface area (Å²) in [4.78, 5) is 22.6. The Balaban J connectivity index is 1.22. The van der Waals surface area contributed by atoms with Gasteiger partial charge in [0.05, 0.1) is 12.4 Å². The predicted octanol–water partition coefficient (Wildman–Crippen LogP) is 3.07. The van der Waals surface area contributed by atoms with Crippen LogP contribution in [0.5, 0.6) is 0 Å². The van der Waals surface area contributed by atoms with Gasteiger partial charge in [0.25, 0.3) is 0 Å². The van der Waals surface area contributed by atoms with E-state index in [4.69, 9.17) is 0 Å². The van der Waals surface area contributed by atoms with Gasteiger partial charge in [-0.1, -0.05) is 30.3 Å². The normalized spacial score (nSPS) is 22.9. The minimum Gasteiger partial charge on any atom is -0.354 e. The molecule has 2 heterocycles. The van der Waals surface area contributed by atoms with Crippen LogP contribution >= 0.6 is 0 Å². The Hall–Kier alpha value is -2.50. The van der Waals surface area contributed by atoms with Gasteiger partial charge in [-0.05, 0) is 36.7 Å². The van der Waals surface area contributed by atoms with Crippen molar-refractivity contribution in [3.05, 3.63) is 54.1 Å². The van der Waals surface area contributed by atoms with E-state index in [1.54, 1.807) is 0 Å². The summed E-state index contributed by atoms with van der Waals surface area (Å²) in [6.45, 7) is 2.38. The van der Waals surface area contributed by atoms with Gasteiger partial charge in [-0.2, -0.15) is 0 Å². The van der Waals surface area contributed by atoms with Gasteiger partial charge in [-0.15, -0.1) is 0 Å². The van der Waals surface area contributed by atoms with Crippen LogP contribution in [0.15, 0.2) is 42.7 Å². The molecule has 1 saturated carbocycles. The molecule has 2 aromatic rings. The number of amides is 1. The molecular formula is C20H23FN4O. The topological polar surface area (TPSA) is 58.1 Å². The molecule has 2 aliphatic rings. The molecule has 2 atom stereocenters. The number of halogens is 1. The van der Waals surface area contributed by atoms with Crippen LogP contribution in [0.25, 0.3) is 0 Å². The molecule has 1 aliphatic heterocycles. The first-order chi connectivity index (χ1) is 12.7. The van der Waals surface area contributed by atoms with Crippen molar-refractivity contribution in [1.82, 2.24) is 14.9 Å². The Bertz CT molecular complexity index is 744. The lowest BCUT2D eigenvalue weighted by Gasteiger charge is -2.32. The third kappa shape index (κ3) is 3.84. The van der Waals surface area contributed by atoms with E-state index in [0.29, 0.717) is 23.7 Å². The van der Waals surface area contributed by atoms with Gasteiger partial charge in [-0.3, -0.25) is 4.79 Å². The van der Waals surface area contributed by atoms with Crippen molar-refractivity contribution in [2.24, 2.45) is 11.8 Å². The summed E-state index contributed by atoms with van der Waals surface area (Å²) < 4.78 is 12.8. The summed E-state index contributed by atoms with van der Waals surface area (Å²) >= 11 is 0. The Morgan fingerprint density at radius 2 is 1.85 bits per heavy atom. The molecule has 26 heavy (non-hydrogen) atoms. The zero-order valence-corrected chi connectivity index (χ0v) is 14.6. The summed E-state index contributed by atoms with van der Waals surface area (Å²) in [7, 11) is 0. The molecule has 0 spiro atoms. The molecule has 136 valence electrons. The lowest BCUT2D eigenvalue weighted by atomic mass is 9.96. The van der Waals surface area contributed by atoms with Gasteiger partial charge >= 0.3 is 0 Å². The fraction of sp³-hybridized carbons (Fsp3) is 0.450. The lowest BCUT2D eigenvalue weighted by molar-refractivity contribution is -0.134. The summed E-state index contributed by atoms with van der Waals surface area (Å²) in [6.07, 6.45) is 5.25. The lowest BCUT2D eigenvalue weighted by Crippen LogP contribution is -2.40. The molecule has 1 aromatic heterocycles. The van der Waals surface area contributed by atoms with Crippen LogP contribution in [0.3, 0.4) is 0 Å². The average Bonchev–Trinajstić information content (AvgIpc) is 3.49. The molecular weight excluding hydrogens is 331 g/mol. The zero-order valence-electron chi connectivity index (χ0n) is 14.6. The minimum absolute atomic E-state index is 0.166. The highest BCUT2D eigenvalue weighted by Crippen LogP contribution is 2.48. The van der Waals surface area contributed by atoms with Crippen LogP contribution in [0, 0.1) is 17.7 Å². The summed E-state index contributed by atoms with van der Waals surface area (Å²) in [6, 6.07) is 10.3. The van der Waals surface area contributed by atoms with Crippen molar-refractivity contribution in [2.45, 2.75) is 25.2 Å². The largest absolute Gasteiger partial charge is 0.354 e. The first-order valence-corrected chi connectivity index (χ1v) is 9.26. The highest BCUT2D eigenvalue weighted by atomic mass is 19.1. The molecule has 1 aliphatic carbocycles. The summed E-state index contributed by atoms with van der Waals surface area (Å²) in [5, 5.41) is 3.16. The highest BCUT2D eigenvalue weighted by Gasteiger charge is 2.45. The second kappa shape index (κ2) is 7.40. The number of aromatic nitrogens is 2. The molecule has 2 fully saturated rings. The Kier molecular flexibility index (Phi) is 4.82. The molecule has 1 amide bonds. The molecule has 0 radical (unpaired) electrons. The van der Waals surface area contributed by atoms with Gasteiger partial charge in [0.1, 0.15) is 0 Å². The maximum absolute atomic E-state index is 12.8. The molecule has 6 heteroatoms. The van der Waals surface area contributed by atoms with E-state index < -0.39 is 5.82 Å². The van der Waals surface area contributed by atoms with Crippen LogP contribution < -0.4 is 5.32 Å². The number of anilines is 1. The molecule has 0 bridgehead atoms. The molecule has 4 rings (SSSR count). The predicted molar refractivity (Wildman–Crippen MR) is 97.1 cm³/mol. The second-order valence-electron chi connectivity index (χ2n) is 7.23. The van der Waals surface area contributed by atoms with E-state index in [1.807, 2.05) is 23.1 Å². The molecule has 2 unspecified atom stereocenters.